The molecule has 1 fully saturated rings. The first-order valence-corrected chi connectivity index (χ1v) is 7.56. The van der Waals surface area contributed by atoms with Gasteiger partial charge in [0.15, 0.2) is 5.11 Å². The van der Waals surface area contributed by atoms with E-state index in [9.17, 15) is 0 Å². The first-order chi connectivity index (χ1) is 10.2. The normalized spacial score (nSPS) is 17.0. The number of hydrogen-bond acceptors (Lipinski definition) is 4. The number of nitrogens with zero attached hydrogens (tertiary/aromatic N) is 1. The average Bonchev–Trinajstić information content (AvgIpc) is 2.56. The smallest absolute Gasteiger partial charge is 0.166 e. The van der Waals surface area contributed by atoms with Crippen LogP contribution in [0.3, 0.4) is 0 Å². The second-order valence-corrected chi connectivity index (χ2v) is 5.31. The number of nitrogens with one attached hydrogen (secondary N) is 2. The molecule has 5 nitrogen and oxygen atoms in total. The van der Waals surface area contributed by atoms with Crippen LogP contribution in [0.15, 0.2) is 24.3 Å². The van der Waals surface area contributed by atoms with Crippen LogP contribution in [0.1, 0.15) is 11.6 Å². The predicted octanol–water partition coefficient (Wildman–Crippen LogP) is 1.16. The highest BCUT2D eigenvalue weighted by atomic mass is 32.1. The molecule has 2 N–H and O–H groups in total. The summed E-state index contributed by atoms with van der Waals surface area (Å²) in [4.78, 5) is 2.43. The van der Waals surface area contributed by atoms with Crippen LogP contribution >= 0.6 is 12.2 Å². The van der Waals surface area contributed by atoms with Crippen LogP contribution in [0, 0.1) is 0 Å². The van der Waals surface area contributed by atoms with Crippen LogP contribution in [0.2, 0.25) is 0 Å². The fraction of sp³-hybridized carbons (Fsp3) is 0.533. The summed E-state index contributed by atoms with van der Waals surface area (Å²) < 4.78 is 10.7. The Labute approximate surface area is 131 Å². The van der Waals surface area contributed by atoms with Crippen molar-refractivity contribution in [2.45, 2.75) is 6.04 Å². The van der Waals surface area contributed by atoms with Gasteiger partial charge in [0.05, 0.1) is 26.4 Å². The molecule has 1 aliphatic rings. The van der Waals surface area contributed by atoms with Gasteiger partial charge in [-0.25, -0.2) is 0 Å². The van der Waals surface area contributed by atoms with Crippen molar-refractivity contribution in [2.75, 3.05) is 47.0 Å². The first kappa shape index (κ1) is 16.0. The fourth-order valence-corrected chi connectivity index (χ4v) is 2.53. The van der Waals surface area contributed by atoms with E-state index >= 15 is 0 Å². The molecule has 1 aliphatic heterocycles. The van der Waals surface area contributed by atoms with Crippen LogP contribution in [0.4, 0.5) is 0 Å². The molecule has 116 valence electrons. The number of morpholine rings is 1. The number of benzene rings is 1. The lowest BCUT2D eigenvalue weighted by atomic mass is 10.0. The van der Waals surface area contributed by atoms with Gasteiger partial charge in [0, 0.05) is 26.7 Å². The third-order valence-electron chi connectivity index (χ3n) is 3.67. The number of ether oxygens (including phenoxy) is 2. The zero-order chi connectivity index (χ0) is 15.1. The van der Waals surface area contributed by atoms with Crippen LogP contribution in [0.25, 0.3) is 0 Å². The lowest BCUT2D eigenvalue weighted by Crippen LogP contribution is -2.45. The minimum absolute atomic E-state index is 0.270. The van der Waals surface area contributed by atoms with Gasteiger partial charge in [-0.2, -0.15) is 0 Å². The number of thiocarbonyl (C=S) groups is 1. The molecule has 0 unspecified atom stereocenters. The first-order valence-electron chi connectivity index (χ1n) is 7.16. The minimum atomic E-state index is 0.270. The van der Waals surface area contributed by atoms with Gasteiger partial charge in [0.25, 0.3) is 0 Å². The van der Waals surface area contributed by atoms with E-state index in [-0.39, 0.29) is 6.04 Å². The molecule has 6 heteroatoms. The Kier molecular flexibility index (Phi) is 6.22. The lowest BCUT2D eigenvalue weighted by Gasteiger charge is -2.35. The molecule has 1 atom stereocenters. The molecule has 0 saturated carbocycles. The summed E-state index contributed by atoms with van der Waals surface area (Å²) in [5.41, 5.74) is 1.25. The van der Waals surface area contributed by atoms with Crippen LogP contribution in [-0.2, 0) is 4.74 Å². The monoisotopic (exact) mass is 309 g/mol. The van der Waals surface area contributed by atoms with Crippen molar-refractivity contribution in [3.05, 3.63) is 29.8 Å². The topological polar surface area (TPSA) is 45.8 Å². The van der Waals surface area contributed by atoms with Crippen LogP contribution in [-0.4, -0.2) is 57.0 Å². The summed E-state index contributed by atoms with van der Waals surface area (Å²) in [5, 5.41) is 6.88. The molecule has 0 aromatic heterocycles. The summed E-state index contributed by atoms with van der Waals surface area (Å²) >= 11 is 5.18. The van der Waals surface area contributed by atoms with Crippen molar-refractivity contribution >= 4 is 17.3 Å². The van der Waals surface area contributed by atoms with E-state index in [4.69, 9.17) is 21.7 Å². The molecule has 1 heterocycles. The molecule has 1 aromatic carbocycles. The molecular weight excluding hydrogens is 286 g/mol. The van der Waals surface area contributed by atoms with Gasteiger partial charge in [0.1, 0.15) is 5.75 Å². The van der Waals surface area contributed by atoms with Gasteiger partial charge in [-0.3, -0.25) is 4.90 Å². The average molecular weight is 309 g/mol. The number of rotatable bonds is 5. The summed E-state index contributed by atoms with van der Waals surface area (Å²) in [6, 6.07) is 8.50. The van der Waals surface area contributed by atoms with Crippen LogP contribution in [0.5, 0.6) is 5.75 Å². The Bertz CT molecular complexity index is 447. The van der Waals surface area contributed by atoms with Gasteiger partial charge in [0.2, 0.25) is 0 Å². The van der Waals surface area contributed by atoms with Crippen molar-refractivity contribution in [3.8, 4) is 5.75 Å². The summed E-state index contributed by atoms with van der Waals surface area (Å²) in [6.45, 7) is 4.20. The lowest BCUT2D eigenvalue weighted by molar-refractivity contribution is 0.0170. The van der Waals surface area contributed by atoms with E-state index in [0.717, 1.165) is 38.6 Å². The Morgan fingerprint density at radius 1 is 1.33 bits per heavy atom. The second-order valence-electron chi connectivity index (χ2n) is 4.90. The maximum absolute atomic E-state index is 5.45. The van der Waals surface area contributed by atoms with E-state index in [0.29, 0.717) is 5.11 Å². The Morgan fingerprint density at radius 2 is 2.00 bits per heavy atom. The van der Waals surface area contributed by atoms with Gasteiger partial charge >= 0.3 is 0 Å². The quantitative estimate of drug-likeness (QED) is 0.796. The van der Waals surface area contributed by atoms with Crippen molar-refractivity contribution < 1.29 is 9.47 Å². The fourth-order valence-electron chi connectivity index (χ4n) is 2.45. The zero-order valence-electron chi connectivity index (χ0n) is 12.6. The predicted molar refractivity (Wildman–Crippen MR) is 87.8 cm³/mol. The van der Waals surface area contributed by atoms with Crippen molar-refractivity contribution in [1.82, 2.24) is 15.5 Å². The number of hydrogen-bond donors (Lipinski definition) is 2. The summed E-state index contributed by atoms with van der Waals surface area (Å²) in [5.74, 6) is 0.873. The van der Waals surface area contributed by atoms with E-state index in [1.807, 2.05) is 19.2 Å². The molecule has 0 aliphatic carbocycles. The third kappa shape index (κ3) is 4.56. The third-order valence-corrected chi connectivity index (χ3v) is 4.02. The molecule has 21 heavy (non-hydrogen) atoms. The largest absolute Gasteiger partial charge is 0.497 e. The maximum atomic E-state index is 5.45. The Morgan fingerprint density at radius 3 is 2.57 bits per heavy atom. The number of methoxy groups -OCH3 is 1. The van der Waals surface area contributed by atoms with E-state index in [1.54, 1.807) is 7.11 Å². The van der Waals surface area contributed by atoms with Gasteiger partial charge < -0.3 is 20.1 Å². The Balaban J connectivity index is 2.10. The Hall–Kier alpha value is -1.37. The van der Waals surface area contributed by atoms with Gasteiger partial charge in [-0.05, 0) is 29.9 Å². The van der Waals surface area contributed by atoms with Gasteiger partial charge in [-0.1, -0.05) is 12.1 Å². The summed E-state index contributed by atoms with van der Waals surface area (Å²) in [7, 11) is 3.51. The maximum Gasteiger partial charge on any atom is 0.166 e. The molecule has 2 rings (SSSR count). The standard InChI is InChI=1S/C15H23N3O2S/c1-16-15(21)17-11-14(18-7-9-20-10-8-18)12-3-5-13(19-2)6-4-12/h3-6,14H,7-11H2,1-2H3,(H2,16,17,21)/t14-/m1/s1. The molecule has 0 bridgehead atoms. The van der Waals surface area contributed by atoms with E-state index < -0.39 is 0 Å². The highest BCUT2D eigenvalue weighted by Gasteiger charge is 2.22. The molecule has 0 radical (unpaired) electrons. The highest BCUT2D eigenvalue weighted by molar-refractivity contribution is 7.80. The van der Waals surface area contributed by atoms with E-state index in [2.05, 4.69) is 27.7 Å². The molecule has 0 amide bonds. The molecule has 0 spiro atoms. The zero-order valence-corrected chi connectivity index (χ0v) is 13.4. The second kappa shape index (κ2) is 8.17. The highest BCUT2D eigenvalue weighted by Crippen LogP contribution is 2.23. The SMILES string of the molecule is CNC(=S)NC[C@H](c1ccc(OC)cc1)N1CCOCC1. The van der Waals surface area contributed by atoms with Crippen molar-refractivity contribution in [2.24, 2.45) is 0 Å². The van der Waals surface area contributed by atoms with Crippen molar-refractivity contribution in [1.29, 1.82) is 0 Å². The summed E-state index contributed by atoms with van der Waals surface area (Å²) in [6.07, 6.45) is 0. The van der Waals surface area contributed by atoms with Crippen LogP contribution < -0.4 is 15.4 Å². The van der Waals surface area contributed by atoms with Crippen molar-refractivity contribution in [3.63, 3.8) is 0 Å². The van der Waals surface area contributed by atoms with E-state index in [1.165, 1.54) is 5.56 Å². The molecule has 1 saturated heterocycles. The van der Waals surface area contributed by atoms with Gasteiger partial charge in [-0.15, -0.1) is 0 Å². The molecular formula is C15H23N3O2S. The minimum Gasteiger partial charge on any atom is -0.497 e. The molecule has 1 aromatic rings.